The molecule has 0 bridgehead atoms. The van der Waals surface area contributed by atoms with E-state index >= 15 is 0 Å². The smallest absolute Gasteiger partial charge is 0.101 e. The van der Waals surface area contributed by atoms with E-state index in [0.29, 0.717) is 5.56 Å². The number of nitriles is 1. The second-order valence-electron chi connectivity index (χ2n) is 3.75. The van der Waals surface area contributed by atoms with Crippen LogP contribution in [0.1, 0.15) is 31.0 Å². The van der Waals surface area contributed by atoms with Crippen LogP contribution in [0.25, 0.3) is 5.57 Å². The third-order valence-corrected chi connectivity index (χ3v) is 2.58. The number of rotatable bonds is 1. The fraction of sp³-hybridized carbons (Fsp3) is 0.231. The first-order valence-corrected chi connectivity index (χ1v) is 5.02. The van der Waals surface area contributed by atoms with Gasteiger partial charge in [0.2, 0.25) is 0 Å². The molecule has 2 heteroatoms. The maximum absolute atomic E-state index is 8.66. The van der Waals surface area contributed by atoms with Gasteiger partial charge in [0.25, 0.3) is 0 Å². The fourth-order valence-corrected chi connectivity index (χ4v) is 1.60. The number of pyridine rings is 1. The molecular weight excluding hydrogens is 184 g/mol. The van der Waals surface area contributed by atoms with E-state index in [1.165, 1.54) is 11.1 Å². The van der Waals surface area contributed by atoms with Gasteiger partial charge in [0.1, 0.15) is 6.07 Å². The van der Waals surface area contributed by atoms with Crippen molar-refractivity contribution >= 4 is 5.57 Å². The van der Waals surface area contributed by atoms with Crippen LogP contribution in [0.3, 0.4) is 0 Å². The minimum atomic E-state index is 0.613. The van der Waals surface area contributed by atoms with Crippen molar-refractivity contribution < 1.29 is 0 Å². The Morgan fingerprint density at radius 2 is 2.13 bits per heavy atom. The summed E-state index contributed by atoms with van der Waals surface area (Å²) in [5.41, 5.74) is 4.26. The standard InChI is InChI=1S/C13H12N2/c1-10-2-5-12(6-3-10)13-7-4-11(8-14)9-15-13/h2,4-5,7,9H,3,6H2,1H3. The largest absolute Gasteiger partial charge is 0.255 e. The molecule has 1 aliphatic carbocycles. The van der Waals surface area contributed by atoms with Crippen LogP contribution in [0.15, 0.2) is 36.1 Å². The molecule has 0 saturated heterocycles. The molecule has 0 saturated carbocycles. The lowest BCUT2D eigenvalue weighted by molar-refractivity contribution is 0.968. The van der Waals surface area contributed by atoms with Crippen molar-refractivity contribution in [2.45, 2.75) is 19.8 Å². The van der Waals surface area contributed by atoms with Crippen molar-refractivity contribution in [3.63, 3.8) is 0 Å². The van der Waals surface area contributed by atoms with E-state index in [4.69, 9.17) is 5.26 Å². The van der Waals surface area contributed by atoms with Crippen LogP contribution >= 0.6 is 0 Å². The Hall–Kier alpha value is -1.88. The fourth-order valence-electron chi connectivity index (χ4n) is 1.60. The topological polar surface area (TPSA) is 36.7 Å². The van der Waals surface area contributed by atoms with Gasteiger partial charge in [-0.15, -0.1) is 0 Å². The molecule has 0 unspecified atom stereocenters. The zero-order valence-corrected chi connectivity index (χ0v) is 8.70. The lowest BCUT2D eigenvalue weighted by atomic mass is 9.97. The molecule has 0 fully saturated rings. The minimum absolute atomic E-state index is 0.613. The number of allylic oxidation sites excluding steroid dienone is 4. The highest BCUT2D eigenvalue weighted by atomic mass is 14.7. The summed E-state index contributed by atoms with van der Waals surface area (Å²) in [5.74, 6) is 0. The molecule has 0 aromatic carbocycles. The molecule has 1 aliphatic rings. The molecule has 15 heavy (non-hydrogen) atoms. The van der Waals surface area contributed by atoms with Crippen molar-refractivity contribution in [3.05, 3.63) is 47.3 Å². The van der Waals surface area contributed by atoms with E-state index in [0.717, 1.165) is 18.5 Å². The molecule has 0 spiro atoms. The van der Waals surface area contributed by atoms with E-state index in [2.05, 4.69) is 30.1 Å². The SMILES string of the molecule is CC1=CC=C(c2ccc(C#N)cn2)CC1. The van der Waals surface area contributed by atoms with Gasteiger partial charge in [-0.3, -0.25) is 4.98 Å². The molecule has 0 atom stereocenters. The maximum Gasteiger partial charge on any atom is 0.101 e. The monoisotopic (exact) mass is 196 g/mol. The zero-order chi connectivity index (χ0) is 10.7. The second-order valence-corrected chi connectivity index (χ2v) is 3.75. The first-order chi connectivity index (χ1) is 7.29. The Kier molecular flexibility index (Phi) is 2.64. The van der Waals surface area contributed by atoms with E-state index in [9.17, 15) is 0 Å². The average molecular weight is 196 g/mol. The van der Waals surface area contributed by atoms with Gasteiger partial charge in [-0.1, -0.05) is 17.7 Å². The molecule has 2 nitrogen and oxygen atoms in total. The van der Waals surface area contributed by atoms with Crippen molar-refractivity contribution in [1.29, 1.82) is 5.26 Å². The first-order valence-electron chi connectivity index (χ1n) is 5.02. The van der Waals surface area contributed by atoms with Crippen molar-refractivity contribution in [3.8, 4) is 6.07 Å². The third kappa shape index (κ3) is 2.13. The van der Waals surface area contributed by atoms with Crippen LogP contribution in [0.2, 0.25) is 0 Å². The van der Waals surface area contributed by atoms with Gasteiger partial charge in [0.15, 0.2) is 0 Å². The van der Waals surface area contributed by atoms with Crippen LogP contribution in [0.4, 0.5) is 0 Å². The molecule has 0 amide bonds. The summed E-state index contributed by atoms with van der Waals surface area (Å²) in [6.07, 6.45) is 8.03. The number of hydrogen-bond acceptors (Lipinski definition) is 2. The molecule has 0 radical (unpaired) electrons. The summed E-state index contributed by atoms with van der Waals surface area (Å²) in [6, 6.07) is 5.80. The van der Waals surface area contributed by atoms with Crippen LogP contribution < -0.4 is 0 Å². The molecule has 0 aliphatic heterocycles. The van der Waals surface area contributed by atoms with E-state index in [1.807, 2.05) is 12.1 Å². The minimum Gasteiger partial charge on any atom is -0.255 e. The predicted molar refractivity (Wildman–Crippen MR) is 59.9 cm³/mol. The van der Waals surface area contributed by atoms with Crippen LogP contribution in [0.5, 0.6) is 0 Å². The Labute approximate surface area is 89.6 Å². The Bertz CT molecular complexity index is 458. The summed E-state index contributed by atoms with van der Waals surface area (Å²) < 4.78 is 0. The highest BCUT2D eigenvalue weighted by Gasteiger charge is 2.06. The molecule has 0 N–H and O–H groups in total. The van der Waals surface area contributed by atoms with Crippen molar-refractivity contribution in [2.24, 2.45) is 0 Å². The maximum atomic E-state index is 8.66. The quantitative estimate of drug-likeness (QED) is 0.692. The van der Waals surface area contributed by atoms with E-state index in [1.54, 1.807) is 6.20 Å². The van der Waals surface area contributed by atoms with Gasteiger partial charge in [0.05, 0.1) is 11.3 Å². The average Bonchev–Trinajstić information content (AvgIpc) is 2.30. The predicted octanol–water partition coefficient (Wildman–Crippen LogP) is 3.08. The number of aromatic nitrogens is 1. The highest BCUT2D eigenvalue weighted by Crippen LogP contribution is 2.24. The normalized spacial score (nSPS) is 15.2. The van der Waals surface area contributed by atoms with Gasteiger partial charge in [0, 0.05) is 6.20 Å². The van der Waals surface area contributed by atoms with Gasteiger partial charge in [-0.05, 0) is 37.5 Å². The lowest BCUT2D eigenvalue weighted by Gasteiger charge is -2.11. The number of nitrogens with zero attached hydrogens (tertiary/aromatic N) is 2. The second kappa shape index (κ2) is 4.10. The van der Waals surface area contributed by atoms with Crippen LogP contribution in [-0.4, -0.2) is 4.98 Å². The summed E-state index contributed by atoms with van der Waals surface area (Å²) in [7, 11) is 0. The van der Waals surface area contributed by atoms with Gasteiger partial charge in [-0.25, -0.2) is 0 Å². The third-order valence-electron chi connectivity index (χ3n) is 2.58. The molecular formula is C13H12N2. The Morgan fingerprint density at radius 1 is 1.27 bits per heavy atom. The first kappa shape index (κ1) is 9.67. The molecule has 1 aromatic rings. The molecule has 2 rings (SSSR count). The lowest BCUT2D eigenvalue weighted by Crippen LogP contribution is -1.94. The van der Waals surface area contributed by atoms with Crippen LogP contribution in [0, 0.1) is 11.3 Å². The summed E-state index contributed by atoms with van der Waals surface area (Å²) in [4.78, 5) is 4.28. The highest BCUT2D eigenvalue weighted by molar-refractivity contribution is 5.66. The van der Waals surface area contributed by atoms with Crippen molar-refractivity contribution in [1.82, 2.24) is 4.98 Å². The van der Waals surface area contributed by atoms with Gasteiger partial charge in [-0.2, -0.15) is 5.26 Å². The van der Waals surface area contributed by atoms with Crippen LogP contribution in [-0.2, 0) is 0 Å². The molecule has 74 valence electrons. The Morgan fingerprint density at radius 3 is 2.67 bits per heavy atom. The molecule has 1 heterocycles. The number of hydrogen-bond donors (Lipinski definition) is 0. The zero-order valence-electron chi connectivity index (χ0n) is 8.70. The van der Waals surface area contributed by atoms with Gasteiger partial charge >= 0.3 is 0 Å². The summed E-state index contributed by atoms with van der Waals surface area (Å²) in [5, 5.41) is 8.66. The van der Waals surface area contributed by atoms with Gasteiger partial charge < -0.3 is 0 Å². The summed E-state index contributed by atoms with van der Waals surface area (Å²) >= 11 is 0. The van der Waals surface area contributed by atoms with Crippen molar-refractivity contribution in [2.75, 3.05) is 0 Å². The Balaban J connectivity index is 2.28. The van der Waals surface area contributed by atoms with E-state index < -0.39 is 0 Å². The summed E-state index contributed by atoms with van der Waals surface area (Å²) in [6.45, 7) is 2.14. The van der Waals surface area contributed by atoms with E-state index in [-0.39, 0.29) is 0 Å². The molecule has 1 aromatic heterocycles.